The van der Waals surface area contributed by atoms with Crippen LogP contribution in [-0.4, -0.2) is 5.78 Å². The lowest BCUT2D eigenvalue weighted by Gasteiger charge is -2.10. The maximum absolute atomic E-state index is 10.7. The van der Waals surface area contributed by atoms with Crippen molar-refractivity contribution in [3.63, 3.8) is 0 Å². The zero-order valence-corrected chi connectivity index (χ0v) is 10.8. The Hall–Kier alpha value is -0.330. The second-order valence-electron chi connectivity index (χ2n) is 4.90. The molecule has 0 aromatic rings. The summed E-state index contributed by atoms with van der Waals surface area (Å²) in [6, 6.07) is 0. The molecule has 0 fully saturated rings. The molecule has 90 valence electrons. The summed E-state index contributed by atoms with van der Waals surface area (Å²) in [5.74, 6) is 1.22. The normalized spacial score (nSPS) is 12.7. The molecule has 0 N–H and O–H groups in total. The van der Waals surface area contributed by atoms with Crippen LogP contribution in [0.4, 0.5) is 0 Å². The van der Waals surface area contributed by atoms with Gasteiger partial charge in [0.05, 0.1) is 0 Å². The first-order chi connectivity index (χ1) is 7.16. The van der Waals surface area contributed by atoms with E-state index in [4.69, 9.17) is 0 Å². The van der Waals surface area contributed by atoms with Gasteiger partial charge in [-0.1, -0.05) is 58.8 Å². The fraction of sp³-hybridized carbons (Fsp3) is 0.929. The molecule has 0 amide bonds. The molecule has 0 aliphatic carbocycles. The summed E-state index contributed by atoms with van der Waals surface area (Å²) in [5, 5.41) is 0. The van der Waals surface area contributed by atoms with Crippen molar-refractivity contribution in [1.82, 2.24) is 0 Å². The Labute approximate surface area is 95.6 Å². The second-order valence-corrected chi connectivity index (χ2v) is 4.90. The molecule has 1 atom stereocenters. The van der Waals surface area contributed by atoms with E-state index in [9.17, 15) is 4.79 Å². The molecule has 0 radical (unpaired) electrons. The lowest BCUT2D eigenvalue weighted by molar-refractivity contribution is -0.117. The van der Waals surface area contributed by atoms with Crippen LogP contribution in [0.5, 0.6) is 0 Å². The molecule has 1 unspecified atom stereocenters. The number of rotatable bonds is 10. The largest absolute Gasteiger partial charge is 0.300 e. The van der Waals surface area contributed by atoms with Crippen molar-refractivity contribution < 1.29 is 4.79 Å². The van der Waals surface area contributed by atoms with Crippen LogP contribution in [0, 0.1) is 5.92 Å². The van der Waals surface area contributed by atoms with E-state index in [-0.39, 0.29) is 0 Å². The molecule has 0 saturated carbocycles. The molecule has 0 aliphatic rings. The van der Waals surface area contributed by atoms with Gasteiger partial charge in [0.1, 0.15) is 5.78 Å². The molecule has 0 aromatic heterocycles. The predicted molar refractivity (Wildman–Crippen MR) is 67.1 cm³/mol. The Kier molecular flexibility index (Phi) is 9.97. The van der Waals surface area contributed by atoms with Crippen molar-refractivity contribution in [2.75, 3.05) is 0 Å². The number of carbonyl (C=O) groups excluding carboxylic acids is 1. The van der Waals surface area contributed by atoms with Crippen LogP contribution in [0.25, 0.3) is 0 Å². The third-order valence-electron chi connectivity index (χ3n) is 3.03. The molecule has 1 heteroatoms. The number of hydrogen-bond donors (Lipinski definition) is 0. The van der Waals surface area contributed by atoms with Crippen LogP contribution >= 0.6 is 0 Å². The minimum atomic E-state index is 0.339. The van der Waals surface area contributed by atoms with E-state index in [2.05, 4.69) is 13.8 Å². The number of carbonyl (C=O) groups is 1. The molecule has 0 aromatic carbocycles. The fourth-order valence-corrected chi connectivity index (χ4v) is 1.93. The average Bonchev–Trinajstić information content (AvgIpc) is 2.17. The summed E-state index contributed by atoms with van der Waals surface area (Å²) in [4.78, 5) is 10.7. The van der Waals surface area contributed by atoms with Gasteiger partial charge in [0.25, 0.3) is 0 Å². The van der Waals surface area contributed by atoms with Crippen LogP contribution < -0.4 is 0 Å². The fourth-order valence-electron chi connectivity index (χ4n) is 1.93. The summed E-state index contributed by atoms with van der Waals surface area (Å²) < 4.78 is 0. The summed E-state index contributed by atoms with van der Waals surface area (Å²) >= 11 is 0. The van der Waals surface area contributed by atoms with E-state index in [1.807, 2.05) is 0 Å². The molecular formula is C14H28O. The monoisotopic (exact) mass is 212 g/mol. The highest BCUT2D eigenvalue weighted by molar-refractivity contribution is 5.75. The Morgan fingerprint density at radius 2 is 1.60 bits per heavy atom. The van der Waals surface area contributed by atoms with Crippen LogP contribution in [0.1, 0.15) is 78.6 Å². The van der Waals surface area contributed by atoms with Crippen molar-refractivity contribution in [2.45, 2.75) is 78.6 Å². The molecule has 0 aliphatic heterocycles. The minimum absolute atomic E-state index is 0.339. The Morgan fingerprint density at radius 3 is 2.13 bits per heavy atom. The first-order valence-electron chi connectivity index (χ1n) is 6.66. The maximum atomic E-state index is 10.7. The van der Waals surface area contributed by atoms with Crippen LogP contribution in [0.3, 0.4) is 0 Å². The molecule has 0 heterocycles. The summed E-state index contributed by atoms with van der Waals surface area (Å²) in [7, 11) is 0. The zero-order valence-electron chi connectivity index (χ0n) is 10.8. The van der Waals surface area contributed by atoms with Gasteiger partial charge in [-0.05, 0) is 19.3 Å². The van der Waals surface area contributed by atoms with Gasteiger partial charge < -0.3 is 4.79 Å². The highest BCUT2D eigenvalue weighted by Gasteiger charge is 2.01. The highest BCUT2D eigenvalue weighted by atomic mass is 16.1. The van der Waals surface area contributed by atoms with E-state index in [0.717, 1.165) is 18.8 Å². The van der Waals surface area contributed by atoms with Gasteiger partial charge in [-0.25, -0.2) is 0 Å². The molecule has 1 nitrogen and oxygen atoms in total. The van der Waals surface area contributed by atoms with E-state index in [1.54, 1.807) is 6.92 Å². The van der Waals surface area contributed by atoms with Crippen molar-refractivity contribution in [3.05, 3.63) is 0 Å². The average molecular weight is 212 g/mol. The predicted octanol–water partition coefficient (Wildman–Crippen LogP) is 4.74. The van der Waals surface area contributed by atoms with Crippen molar-refractivity contribution in [2.24, 2.45) is 5.92 Å². The minimum Gasteiger partial charge on any atom is -0.300 e. The van der Waals surface area contributed by atoms with Gasteiger partial charge in [-0.15, -0.1) is 0 Å². The van der Waals surface area contributed by atoms with Crippen molar-refractivity contribution >= 4 is 5.78 Å². The first-order valence-corrected chi connectivity index (χ1v) is 6.66. The summed E-state index contributed by atoms with van der Waals surface area (Å²) in [6.07, 6.45) is 11.3. The SMILES string of the molecule is CCCCCC(C)CCCCCC(C)=O. The standard InChI is InChI=1S/C14H28O/c1-4-5-7-10-13(2)11-8-6-9-12-14(3)15/h13H,4-12H2,1-3H3. The van der Waals surface area contributed by atoms with Crippen molar-refractivity contribution in [3.8, 4) is 0 Å². The highest BCUT2D eigenvalue weighted by Crippen LogP contribution is 2.16. The van der Waals surface area contributed by atoms with Gasteiger partial charge in [0.15, 0.2) is 0 Å². The number of Topliss-reactive ketones (excluding diaryl/α,β-unsaturated/α-hetero) is 1. The molecule has 15 heavy (non-hydrogen) atoms. The van der Waals surface area contributed by atoms with Crippen LogP contribution in [-0.2, 0) is 4.79 Å². The third kappa shape index (κ3) is 11.6. The lowest BCUT2D eigenvalue weighted by atomic mass is 9.96. The van der Waals surface area contributed by atoms with Gasteiger partial charge >= 0.3 is 0 Å². The quantitative estimate of drug-likeness (QED) is 0.478. The van der Waals surface area contributed by atoms with E-state index in [0.29, 0.717) is 5.78 Å². The Balaban J connectivity index is 3.16. The molecule has 0 saturated heterocycles. The Bertz CT molecular complexity index is 151. The second kappa shape index (κ2) is 10.2. The smallest absolute Gasteiger partial charge is 0.129 e. The van der Waals surface area contributed by atoms with Gasteiger partial charge in [-0.3, -0.25) is 0 Å². The number of ketones is 1. The molecule has 0 bridgehead atoms. The number of unbranched alkanes of at least 4 members (excludes halogenated alkanes) is 4. The number of hydrogen-bond acceptors (Lipinski definition) is 1. The van der Waals surface area contributed by atoms with Gasteiger partial charge in [-0.2, -0.15) is 0 Å². The first kappa shape index (κ1) is 14.7. The van der Waals surface area contributed by atoms with Gasteiger partial charge in [0.2, 0.25) is 0 Å². The molecular weight excluding hydrogens is 184 g/mol. The van der Waals surface area contributed by atoms with Crippen molar-refractivity contribution in [1.29, 1.82) is 0 Å². The topological polar surface area (TPSA) is 17.1 Å². The van der Waals surface area contributed by atoms with Crippen LogP contribution in [0.15, 0.2) is 0 Å². The molecule has 0 spiro atoms. The zero-order chi connectivity index (χ0) is 11.5. The van der Waals surface area contributed by atoms with E-state index in [1.165, 1.54) is 44.9 Å². The molecule has 0 rings (SSSR count). The maximum Gasteiger partial charge on any atom is 0.129 e. The third-order valence-corrected chi connectivity index (χ3v) is 3.03. The summed E-state index contributed by atoms with van der Waals surface area (Å²) in [5.41, 5.74) is 0. The van der Waals surface area contributed by atoms with Crippen LogP contribution in [0.2, 0.25) is 0 Å². The van der Waals surface area contributed by atoms with Gasteiger partial charge in [0, 0.05) is 6.42 Å². The van der Waals surface area contributed by atoms with E-state index < -0.39 is 0 Å². The van der Waals surface area contributed by atoms with E-state index >= 15 is 0 Å². The summed E-state index contributed by atoms with van der Waals surface area (Å²) in [6.45, 7) is 6.31. The Morgan fingerprint density at radius 1 is 1.00 bits per heavy atom. The lowest BCUT2D eigenvalue weighted by Crippen LogP contribution is -1.95.